The van der Waals surface area contributed by atoms with E-state index in [9.17, 15) is 23.2 Å². The van der Waals surface area contributed by atoms with Crippen LogP contribution in [-0.4, -0.2) is 34.6 Å². The molecule has 1 aliphatic rings. The Kier molecular flexibility index (Phi) is 6.70. The minimum absolute atomic E-state index is 0.0664. The average Bonchev–Trinajstić information content (AvgIpc) is 2.71. The first kappa shape index (κ1) is 21.5. The van der Waals surface area contributed by atoms with Gasteiger partial charge in [-0.3, -0.25) is 4.79 Å². The first-order valence-electron chi connectivity index (χ1n) is 8.98. The molecule has 0 N–H and O–H groups in total. The van der Waals surface area contributed by atoms with Crippen LogP contribution in [-0.2, 0) is 11.0 Å². The highest BCUT2D eigenvalue weighted by molar-refractivity contribution is 8.00. The lowest BCUT2D eigenvalue weighted by atomic mass is 10.1. The summed E-state index contributed by atoms with van der Waals surface area (Å²) in [6.45, 7) is 1.30. The molecule has 152 valence electrons. The van der Waals surface area contributed by atoms with E-state index in [4.69, 9.17) is 11.6 Å². The summed E-state index contributed by atoms with van der Waals surface area (Å²) in [6, 6.07) is 8.70. The number of pyridine rings is 1. The number of benzene rings is 1. The first-order valence-corrected chi connectivity index (χ1v) is 10.3. The number of carbonyl (C=O) groups is 1. The Morgan fingerprint density at radius 2 is 1.86 bits per heavy atom. The van der Waals surface area contributed by atoms with Gasteiger partial charge in [0.05, 0.1) is 22.6 Å². The van der Waals surface area contributed by atoms with Gasteiger partial charge in [0.15, 0.2) is 0 Å². The molecular formula is C20H17ClF3N3OS. The first-order chi connectivity index (χ1) is 13.8. The molecule has 1 amide bonds. The minimum atomic E-state index is -4.72. The van der Waals surface area contributed by atoms with Crippen LogP contribution in [0.1, 0.15) is 30.4 Å². The third-order valence-corrected chi connectivity index (χ3v) is 5.80. The number of nitriles is 1. The number of alkyl halides is 3. The fourth-order valence-corrected chi connectivity index (χ4v) is 4.12. The van der Waals surface area contributed by atoms with Gasteiger partial charge in [0.25, 0.3) is 0 Å². The van der Waals surface area contributed by atoms with E-state index in [1.807, 2.05) is 0 Å². The number of hydrogen-bond donors (Lipinski definition) is 0. The fourth-order valence-electron chi connectivity index (χ4n) is 3.09. The Hall–Kier alpha value is -2.24. The van der Waals surface area contributed by atoms with Crippen LogP contribution in [0.5, 0.6) is 0 Å². The molecule has 1 saturated heterocycles. The smallest absolute Gasteiger partial charge is 0.342 e. The second-order valence-corrected chi connectivity index (χ2v) is 7.98. The lowest BCUT2D eigenvalue weighted by Gasteiger charge is -2.26. The maximum Gasteiger partial charge on any atom is 0.417 e. The van der Waals surface area contributed by atoms with E-state index in [-0.39, 0.29) is 22.4 Å². The predicted octanol–water partition coefficient (Wildman–Crippen LogP) is 5.40. The monoisotopic (exact) mass is 439 g/mol. The number of piperidine rings is 1. The van der Waals surface area contributed by atoms with Gasteiger partial charge < -0.3 is 4.90 Å². The van der Waals surface area contributed by atoms with Crippen LogP contribution in [0.4, 0.5) is 13.2 Å². The van der Waals surface area contributed by atoms with Crippen LogP contribution in [0.25, 0.3) is 11.3 Å². The number of rotatable bonds is 4. The standard InChI is InChI=1S/C20H17ClF3N3OS/c21-14-6-4-13(5-7-14)17-10-16(20(22,23)24)15(11-25)19(26-17)29-12-18(28)27-8-2-1-3-9-27/h4-7,10H,1-3,8-9,12H2. The summed E-state index contributed by atoms with van der Waals surface area (Å²) in [5.74, 6) is -0.228. The zero-order chi connectivity index (χ0) is 21.0. The Morgan fingerprint density at radius 1 is 1.21 bits per heavy atom. The van der Waals surface area contributed by atoms with Gasteiger partial charge in [-0.25, -0.2) is 4.98 Å². The summed E-state index contributed by atoms with van der Waals surface area (Å²) >= 11 is 6.72. The molecule has 29 heavy (non-hydrogen) atoms. The fraction of sp³-hybridized carbons (Fsp3) is 0.350. The van der Waals surface area contributed by atoms with Gasteiger partial charge >= 0.3 is 6.18 Å². The van der Waals surface area contributed by atoms with Crippen molar-refractivity contribution in [3.8, 4) is 17.3 Å². The van der Waals surface area contributed by atoms with Crippen LogP contribution in [0.15, 0.2) is 35.4 Å². The molecule has 4 nitrogen and oxygen atoms in total. The third-order valence-electron chi connectivity index (χ3n) is 4.58. The number of hydrogen-bond acceptors (Lipinski definition) is 4. The number of likely N-dealkylation sites (tertiary alicyclic amines) is 1. The van der Waals surface area contributed by atoms with Crippen LogP contribution in [0.2, 0.25) is 5.02 Å². The van der Waals surface area contributed by atoms with Gasteiger partial charge in [0.1, 0.15) is 11.1 Å². The number of nitrogens with zero attached hydrogens (tertiary/aromatic N) is 3. The highest BCUT2D eigenvalue weighted by Gasteiger charge is 2.36. The maximum atomic E-state index is 13.6. The second-order valence-electron chi connectivity index (χ2n) is 6.58. The van der Waals surface area contributed by atoms with E-state index in [0.29, 0.717) is 23.7 Å². The summed E-state index contributed by atoms with van der Waals surface area (Å²) in [4.78, 5) is 18.4. The Morgan fingerprint density at radius 3 is 2.45 bits per heavy atom. The van der Waals surface area contributed by atoms with Crippen molar-refractivity contribution in [2.24, 2.45) is 0 Å². The molecule has 1 fully saturated rings. The van der Waals surface area contributed by atoms with Gasteiger partial charge in [-0.05, 0) is 37.5 Å². The maximum absolute atomic E-state index is 13.6. The molecule has 0 atom stereocenters. The molecule has 9 heteroatoms. The van der Waals surface area contributed by atoms with Gasteiger partial charge in [0.2, 0.25) is 5.91 Å². The zero-order valence-electron chi connectivity index (χ0n) is 15.3. The van der Waals surface area contributed by atoms with Gasteiger partial charge in [-0.15, -0.1) is 0 Å². The van der Waals surface area contributed by atoms with Crippen LogP contribution >= 0.6 is 23.4 Å². The number of carbonyl (C=O) groups excluding carboxylic acids is 1. The summed E-state index contributed by atoms with van der Waals surface area (Å²) < 4.78 is 40.7. The van der Waals surface area contributed by atoms with Crippen LogP contribution < -0.4 is 0 Å². The van der Waals surface area contributed by atoms with Crippen molar-refractivity contribution in [3.05, 3.63) is 46.5 Å². The molecule has 0 saturated carbocycles. The van der Waals surface area contributed by atoms with Crippen molar-refractivity contribution < 1.29 is 18.0 Å². The molecule has 0 bridgehead atoms. The summed E-state index contributed by atoms with van der Waals surface area (Å²) in [6.07, 6.45) is -1.82. The predicted molar refractivity (Wildman–Crippen MR) is 106 cm³/mol. The van der Waals surface area contributed by atoms with Crippen LogP contribution in [0, 0.1) is 11.3 Å². The number of aromatic nitrogens is 1. The van der Waals surface area contributed by atoms with Crippen molar-refractivity contribution in [3.63, 3.8) is 0 Å². The molecule has 1 aliphatic heterocycles. The van der Waals surface area contributed by atoms with Gasteiger partial charge in [-0.1, -0.05) is 35.5 Å². The number of amides is 1. The Bertz CT molecular complexity index is 936. The largest absolute Gasteiger partial charge is 0.417 e. The average molecular weight is 440 g/mol. The van der Waals surface area contributed by atoms with Crippen molar-refractivity contribution in [2.75, 3.05) is 18.8 Å². The lowest BCUT2D eigenvalue weighted by Crippen LogP contribution is -2.36. The van der Waals surface area contributed by atoms with E-state index in [0.717, 1.165) is 37.1 Å². The molecule has 0 radical (unpaired) electrons. The number of thioether (sulfide) groups is 1. The normalized spacial score (nSPS) is 14.5. The molecule has 0 spiro atoms. The molecule has 3 rings (SSSR count). The van der Waals surface area contributed by atoms with E-state index in [2.05, 4.69) is 4.98 Å². The van der Waals surface area contributed by atoms with E-state index < -0.39 is 17.3 Å². The molecule has 0 unspecified atom stereocenters. The highest BCUT2D eigenvalue weighted by Crippen LogP contribution is 2.38. The number of halogens is 4. The molecular weight excluding hydrogens is 423 g/mol. The summed E-state index contributed by atoms with van der Waals surface area (Å²) in [7, 11) is 0. The van der Waals surface area contributed by atoms with E-state index >= 15 is 0 Å². The second kappa shape index (κ2) is 9.06. The lowest BCUT2D eigenvalue weighted by molar-refractivity contribution is -0.138. The zero-order valence-corrected chi connectivity index (χ0v) is 16.9. The third kappa shape index (κ3) is 5.22. The van der Waals surface area contributed by atoms with Crippen molar-refractivity contribution in [2.45, 2.75) is 30.5 Å². The van der Waals surface area contributed by atoms with E-state index in [1.165, 1.54) is 0 Å². The topological polar surface area (TPSA) is 57.0 Å². The molecule has 1 aromatic carbocycles. The minimum Gasteiger partial charge on any atom is -0.342 e. The van der Waals surface area contributed by atoms with Crippen molar-refractivity contribution >= 4 is 29.3 Å². The molecule has 1 aromatic heterocycles. The Balaban J connectivity index is 1.95. The Labute approximate surface area is 175 Å². The summed E-state index contributed by atoms with van der Waals surface area (Å²) in [5, 5.41) is 9.70. The van der Waals surface area contributed by atoms with Gasteiger partial charge in [0, 0.05) is 23.7 Å². The quantitative estimate of drug-likeness (QED) is 0.599. The van der Waals surface area contributed by atoms with Crippen molar-refractivity contribution in [1.29, 1.82) is 5.26 Å². The van der Waals surface area contributed by atoms with Crippen molar-refractivity contribution in [1.82, 2.24) is 9.88 Å². The molecule has 0 aliphatic carbocycles. The van der Waals surface area contributed by atoms with E-state index in [1.54, 1.807) is 35.2 Å². The van der Waals surface area contributed by atoms with Crippen LogP contribution in [0.3, 0.4) is 0 Å². The highest BCUT2D eigenvalue weighted by atomic mass is 35.5. The summed E-state index contributed by atoms with van der Waals surface area (Å²) in [5.41, 5.74) is -1.12. The molecule has 2 aromatic rings. The van der Waals surface area contributed by atoms with Gasteiger partial charge in [-0.2, -0.15) is 18.4 Å². The SMILES string of the molecule is N#Cc1c(C(F)(F)F)cc(-c2ccc(Cl)cc2)nc1SCC(=O)N1CCCCC1. The molecule has 2 heterocycles.